The molecule has 1 heterocycles. The lowest BCUT2D eigenvalue weighted by molar-refractivity contribution is 0.0701. The Morgan fingerprint density at radius 1 is 1.38 bits per heavy atom. The number of hydrogen-bond donors (Lipinski definition) is 1. The van der Waals surface area contributed by atoms with E-state index in [-0.39, 0.29) is 0 Å². The zero-order valence-electron chi connectivity index (χ0n) is 8.80. The molecule has 3 nitrogen and oxygen atoms in total. The third-order valence-electron chi connectivity index (χ3n) is 2.23. The molecule has 0 amide bonds. The highest BCUT2D eigenvalue weighted by atomic mass is 32.1. The summed E-state index contributed by atoms with van der Waals surface area (Å²) in [6.45, 7) is 1.73. The molecule has 1 N–H and O–H groups in total. The van der Waals surface area contributed by atoms with Crippen LogP contribution >= 0.6 is 11.3 Å². The van der Waals surface area contributed by atoms with Gasteiger partial charge in [-0.25, -0.2) is 9.78 Å². The number of aromatic nitrogens is 1. The Kier molecular flexibility index (Phi) is 3.01. The molecule has 16 heavy (non-hydrogen) atoms. The highest BCUT2D eigenvalue weighted by molar-refractivity contribution is 7.13. The van der Waals surface area contributed by atoms with Gasteiger partial charge in [0.1, 0.15) is 4.88 Å². The summed E-state index contributed by atoms with van der Waals surface area (Å²) < 4.78 is 0. The van der Waals surface area contributed by atoms with E-state index in [1.165, 1.54) is 11.3 Å². The van der Waals surface area contributed by atoms with E-state index < -0.39 is 5.97 Å². The van der Waals surface area contributed by atoms with Gasteiger partial charge in [-0.1, -0.05) is 30.3 Å². The minimum Gasteiger partial charge on any atom is -0.477 e. The molecule has 0 spiro atoms. The van der Waals surface area contributed by atoms with Crippen molar-refractivity contribution < 1.29 is 9.90 Å². The van der Waals surface area contributed by atoms with Crippen LogP contribution in [0.3, 0.4) is 0 Å². The molecule has 2 aromatic rings. The third-order valence-corrected chi connectivity index (χ3v) is 3.38. The van der Waals surface area contributed by atoms with Gasteiger partial charge >= 0.3 is 5.97 Å². The minimum absolute atomic E-state index is 0.339. The summed E-state index contributed by atoms with van der Waals surface area (Å²) in [6, 6.07) is 9.91. The van der Waals surface area contributed by atoms with Crippen molar-refractivity contribution in [2.75, 3.05) is 0 Å². The van der Waals surface area contributed by atoms with E-state index in [1.807, 2.05) is 30.3 Å². The van der Waals surface area contributed by atoms with Crippen LogP contribution in [0, 0.1) is 6.92 Å². The van der Waals surface area contributed by atoms with Crippen molar-refractivity contribution in [3.05, 3.63) is 51.5 Å². The number of thiazole rings is 1. The molecule has 0 atom stereocenters. The molecular weight excluding hydrogens is 222 g/mol. The molecule has 0 saturated heterocycles. The average Bonchev–Trinajstić information content (AvgIpc) is 2.61. The first-order valence-electron chi connectivity index (χ1n) is 4.90. The number of aromatic carboxylic acids is 1. The summed E-state index contributed by atoms with van der Waals surface area (Å²) in [4.78, 5) is 15.5. The van der Waals surface area contributed by atoms with Crippen molar-refractivity contribution >= 4 is 17.3 Å². The molecule has 82 valence electrons. The average molecular weight is 233 g/mol. The first-order valence-corrected chi connectivity index (χ1v) is 5.72. The van der Waals surface area contributed by atoms with Gasteiger partial charge in [0.25, 0.3) is 0 Å². The van der Waals surface area contributed by atoms with E-state index in [2.05, 4.69) is 4.98 Å². The zero-order chi connectivity index (χ0) is 11.5. The van der Waals surface area contributed by atoms with Crippen LogP contribution in [-0.4, -0.2) is 16.1 Å². The largest absolute Gasteiger partial charge is 0.477 e. The molecule has 0 aliphatic rings. The quantitative estimate of drug-likeness (QED) is 0.886. The second kappa shape index (κ2) is 4.45. The fourth-order valence-electron chi connectivity index (χ4n) is 1.50. The van der Waals surface area contributed by atoms with Crippen LogP contribution in [-0.2, 0) is 6.42 Å². The van der Waals surface area contributed by atoms with Crippen molar-refractivity contribution in [3.63, 3.8) is 0 Å². The van der Waals surface area contributed by atoms with E-state index in [9.17, 15) is 4.79 Å². The highest BCUT2D eigenvalue weighted by Gasteiger charge is 2.13. The predicted molar refractivity (Wildman–Crippen MR) is 63.1 cm³/mol. The van der Waals surface area contributed by atoms with Crippen molar-refractivity contribution in [1.29, 1.82) is 0 Å². The summed E-state index contributed by atoms with van der Waals surface area (Å²) >= 11 is 1.25. The van der Waals surface area contributed by atoms with Gasteiger partial charge in [-0.2, -0.15) is 0 Å². The Morgan fingerprint density at radius 2 is 2.06 bits per heavy atom. The second-order valence-corrected chi connectivity index (χ2v) is 4.57. The van der Waals surface area contributed by atoms with Gasteiger partial charge in [-0.05, 0) is 12.5 Å². The molecule has 0 aliphatic carbocycles. The monoisotopic (exact) mass is 233 g/mol. The zero-order valence-corrected chi connectivity index (χ0v) is 9.62. The molecule has 1 aromatic heterocycles. The first-order chi connectivity index (χ1) is 7.66. The smallest absolute Gasteiger partial charge is 0.347 e. The predicted octanol–water partition coefficient (Wildman–Crippen LogP) is 2.74. The SMILES string of the molecule is Cc1nc(Cc2ccccc2)sc1C(=O)O. The van der Waals surface area contributed by atoms with Crippen LogP contribution in [0.2, 0.25) is 0 Å². The number of nitrogens with zero attached hydrogens (tertiary/aromatic N) is 1. The van der Waals surface area contributed by atoms with Crippen LogP contribution < -0.4 is 0 Å². The molecule has 0 bridgehead atoms. The maximum Gasteiger partial charge on any atom is 0.347 e. The lowest BCUT2D eigenvalue weighted by Crippen LogP contribution is -1.94. The second-order valence-electron chi connectivity index (χ2n) is 3.49. The third kappa shape index (κ3) is 2.28. The molecule has 0 radical (unpaired) electrons. The fraction of sp³-hybridized carbons (Fsp3) is 0.167. The Hall–Kier alpha value is -1.68. The number of aryl methyl sites for hydroxylation is 1. The van der Waals surface area contributed by atoms with Crippen LogP contribution in [0.1, 0.15) is 25.9 Å². The minimum atomic E-state index is -0.894. The Morgan fingerprint density at radius 3 is 2.62 bits per heavy atom. The van der Waals surface area contributed by atoms with E-state index in [1.54, 1.807) is 6.92 Å². The molecule has 2 rings (SSSR count). The topological polar surface area (TPSA) is 50.2 Å². The van der Waals surface area contributed by atoms with Gasteiger partial charge < -0.3 is 5.11 Å². The Bertz CT molecular complexity index is 505. The summed E-state index contributed by atoms with van der Waals surface area (Å²) in [6.07, 6.45) is 0.694. The van der Waals surface area contributed by atoms with Crippen LogP contribution in [0.25, 0.3) is 0 Å². The summed E-state index contributed by atoms with van der Waals surface area (Å²) in [7, 11) is 0. The Labute approximate surface area is 97.4 Å². The van der Waals surface area contributed by atoms with Gasteiger partial charge in [-0.3, -0.25) is 0 Å². The van der Waals surface area contributed by atoms with E-state index in [0.29, 0.717) is 17.0 Å². The normalized spacial score (nSPS) is 10.3. The standard InChI is InChI=1S/C12H11NO2S/c1-8-11(12(14)15)16-10(13-8)7-9-5-3-2-4-6-9/h2-6H,7H2,1H3,(H,14,15). The van der Waals surface area contributed by atoms with Crippen molar-refractivity contribution in [3.8, 4) is 0 Å². The Balaban J connectivity index is 2.23. The molecule has 0 unspecified atom stereocenters. The maximum absolute atomic E-state index is 10.9. The number of carboxylic acids is 1. The van der Waals surface area contributed by atoms with Gasteiger partial charge in [0.05, 0.1) is 10.7 Å². The van der Waals surface area contributed by atoms with Crippen LogP contribution in [0.15, 0.2) is 30.3 Å². The van der Waals surface area contributed by atoms with Gasteiger partial charge in [0, 0.05) is 6.42 Å². The molecular formula is C12H11NO2S. The van der Waals surface area contributed by atoms with Crippen LogP contribution in [0.4, 0.5) is 0 Å². The summed E-state index contributed by atoms with van der Waals surface area (Å²) in [5.41, 5.74) is 1.75. The number of carbonyl (C=O) groups is 1. The van der Waals surface area contributed by atoms with Gasteiger partial charge in [0.15, 0.2) is 0 Å². The number of hydrogen-bond acceptors (Lipinski definition) is 3. The van der Waals surface area contributed by atoms with Crippen molar-refractivity contribution in [2.24, 2.45) is 0 Å². The van der Waals surface area contributed by atoms with Gasteiger partial charge in [-0.15, -0.1) is 11.3 Å². The van der Waals surface area contributed by atoms with Crippen LogP contribution in [0.5, 0.6) is 0 Å². The van der Waals surface area contributed by atoms with E-state index in [4.69, 9.17) is 5.11 Å². The highest BCUT2D eigenvalue weighted by Crippen LogP contribution is 2.20. The van der Waals surface area contributed by atoms with E-state index in [0.717, 1.165) is 10.6 Å². The molecule has 0 saturated carbocycles. The number of rotatable bonds is 3. The van der Waals surface area contributed by atoms with Gasteiger partial charge in [0.2, 0.25) is 0 Å². The molecule has 0 fully saturated rings. The summed E-state index contributed by atoms with van der Waals surface area (Å²) in [5.74, 6) is -0.894. The lowest BCUT2D eigenvalue weighted by Gasteiger charge is -1.95. The van der Waals surface area contributed by atoms with Crippen molar-refractivity contribution in [1.82, 2.24) is 4.98 Å². The molecule has 0 aliphatic heterocycles. The lowest BCUT2D eigenvalue weighted by atomic mass is 10.2. The van der Waals surface area contributed by atoms with E-state index >= 15 is 0 Å². The number of carboxylic acid groups (broad SMARTS) is 1. The van der Waals surface area contributed by atoms with Crippen molar-refractivity contribution in [2.45, 2.75) is 13.3 Å². The summed E-state index contributed by atoms with van der Waals surface area (Å²) in [5, 5.41) is 9.76. The molecule has 4 heteroatoms. The first kappa shape index (κ1) is 10.8. The fourth-order valence-corrected chi connectivity index (χ4v) is 2.43. The number of benzene rings is 1. The molecule has 1 aromatic carbocycles. The maximum atomic E-state index is 10.9.